The molecule has 2 N–H and O–H groups in total. The molecular weight excluding hydrogens is 170 g/mol. The van der Waals surface area contributed by atoms with Crippen molar-refractivity contribution in [3.05, 3.63) is 60.0 Å². The van der Waals surface area contributed by atoms with E-state index < -0.39 is 0 Å². The van der Waals surface area contributed by atoms with E-state index in [0.717, 1.165) is 5.69 Å². The van der Waals surface area contributed by atoms with Gasteiger partial charge in [-0.3, -0.25) is 0 Å². The minimum absolute atomic E-state index is 0.865. The molecule has 1 heteroatoms. The molecule has 0 bridgehead atoms. The zero-order chi connectivity index (χ0) is 9.54. The molecule has 0 fully saturated rings. The SMILES string of the molecule is Nc1cccc2c1-c1ccccc1[CH]2. The maximum absolute atomic E-state index is 5.97. The Morgan fingerprint density at radius 3 is 2.50 bits per heavy atom. The number of rotatable bonds is 0. The summed E-state index contributed by atoms with van der Waals surface area (Å²) in [6.07, 6.45) is 2.18. The summed E-state index contributed by atoms with van der Waals surface area (Å²) in [7, 11) is 0. The molecule has 1 nitrogen and oxygen atoms in total. The minimum atomic E-state index is 0.865. The van der Waals surface area contributed by atoms with E-state index in [9.17, 15) is 0 Å². The van der Waals surface area contributed by atoms with E-state index in [-0.39, 0.29) is 0 Å². The van der Waals surface area contributed by atoms with Crippen LogP contribution in [0.2, 0.25) is 0 Å². The van der Waals surface area contributed by atoms with Crippen molar-refractivity contribution in [3.8, 4) is 11.1 Å². The van der Waals surface area contributed by atoms with E-state index in [1.54, 1.807) is 0 Å². The van der Waals surface area contributed by atoms with Crippen molar-refractivity contribution in [2.45, 2.75) is 0 Å². The lowest BCUT2D eigenvalue weighted by Gasteiger charge is -2.03. The quantitative estimate of drug-likeness (QED) is 0.529. The molecular formula is C13H10N. The van der Waals surface area contributed by atoms with E-state index in [4.69, 9.17) is 5.73 Å². The number of benzene rings is 2. The van der Waals surface area contributed by atoms with Crippen LogP contribution in [-0.2, 0) is 0 Å². The molecule has 0 saturated heterocycles. The van der Waals surface area contributed by atoms with Crippen molar-refractivity contribution < 1.29 is 0 Å². The summed E-state index contributed by atoms with van der Waals surface area (Å²) in [6, 6.07) is 14.4. The molecule has 0 atom stereocenters. The third kappa shape index (κ3) is 0.896. The Morgan fingerprint density at radius 2 is 1.57 bits per heavy atom. The second-order valence-corrected chi connectivity index (χ2v) is 3.54. The zero-order valence-corrected chi connectivity index (χ0v) is 7.70. The van der Waals surface area contributed by atoms with Crippen LogP contribution in [0.4, 0.5) is 5.69 Å². The summed E-state index contributed by atoms with van der Waals surface area (Å²) in [4.78, 5) is 0. The van der Waals surface area contributed by atoms with Gasteiger partial charge in [-0.25, -0.2) is 0 Å². The summed E-state index contributed by atoms with van der Waals surface area (Å²) >= 11 is 0. The van der Waals surface area contributed by atoms with Crippen LogP contribution in [0.5, 0.6) is 0 Å². The molecule has 0 spiro atoms. The average molecular weight is 180 g/mol. The van der Waals surface area contributed by atoms with Crippen LogP contribution in [0.3, 0.4) is 0 Å². The van der Waals surface area contributed by atoms with Crippen LogP contribution in [0.15, 0.2) is 42.5 Å². The van der Waals surface area contributed by atoms with E-state index in [1.165, 1.54) is 22.3 Å². The van der Waals surface area contributed by atoms with Crippen LogP contribution in [-0.4, -0.2) is 0 Å². The molecule has 2 aromatic rings. The third-order valence-electron chi connectivity index (χ3n) is 2.67. The Balaban J connectivity index is 2.35. The lowest BCUT2D eigenvalue weighted by molar-refractivity contribution is 1.54. The number of hydrogen-bond acceptors (Lipinski definition) is 1. The maximum Gasteiger partial charge on any atom is 0.0396 e. The predicted molar refractivity (Wildman–Crippen MR) is 58.8 cm³/mol. The molecule has 1 aliphatic rings. The van der Waals surface area contributed by atoms with E-state index in [2.05, 4.69) is 30.7 Å². The van der Waals surface area contributed by atoms with Crippen molar-refractivity contribution in [3.63, 3.8) is 0 Å². The average Bonchev–Trinajstić information content (AvgIpc) is 2.57. The van der Waals surface area contributed by atoms with Gasteiger partial charge in [0.1, 0.15) is 0 Å². The molecule has 67 valence electrons. The van der Waals surface area contributed by atoms with Gasteiger partial charge >= 0.3 is 0 Å². The third-order valence-corrected chi connectivity index (χ3v) is 2.67. The molecule has 0 amide bonds. The highest BCUT2D eigenvalue weighted by molar-refractivity contribution is 5.88. The highest BCUT2D eigenvalue weighted by Gasteiger charge is 2.19. The standard InChI is InChI=1S/C13H10N/c14-12-7-3-5-10-8-9-4-1-2-6-11(9)13(10)12/h1-8H,14H2. The number of hydrogen-bond donors (Lipinski definition) is 1. The Kier molecular flexibility index (Phi) is 1.42. The fourth-order valence-corrected chi connectivity index (χ4v) is 2.04. The molecule has 2 aromatic carbocycles. The number of fused-ring (bicyclic) bond motifs is 3. The first kappa shape index (κ1) is 7.63. The molecule has 0 saturated carbocycles. The summed E-state index contributed by atoms with van der Waals surface area (Å²) in [5.41, 5.74) is 11.8. The smallest absolute Gasteiger partial charge is 0.0396 e. The van der Waals surface area contributed by atoms with Gasteiger partial charge in [-0.1, -0.05) is 36.4 Å². The molecule has 0 unspecified atom stereocenters. The second kappa shape index (κ2) is 2.61. The van der Waals surface area contributed by atoms with Crippen molar-refractivity contribution in [1.29, 1.82) is 0 Å². The van der Waals surface area contributed by atoms with Gasteiger partial charge in [0, 0.05) is 17.7 Å². The molecule has 0 aliphatic heterocycles. The first-order valence-corrected chi connectivity index (χ1v) is 4.69. The van der Waals surface area contributed by atoms with E-state index >= 15 is 0 Å². The Morgan fingerprint density at radius 1 is 0.786 bits per heavy atom. The highest BCUT2D eigenvalue weighted by Crippen LogP contribution is 2.40. The molecule has 1 aliphatic carbocycles. The monoisotopic (exact) mass is 180 g/mol. The molecule has 0 aromatic heterocycles. The summed E-state index contributed by atoms with van der Waals surface area (Å²) in [5, 5.41) is 0. The minimum Gasteiger partial charge on any atom is -0.398 e. The Bertz CT molecular complexity index is 500. The zero-order valence-electron chi connectivity index (χ0n) is 7.70. The maximum atomic E-state index is 5.97. The van der Waals surface area contributed by atoms with E-state index in [1.807, 2.05) is 18.2 Å². The predicted octanol–water partition coefficient (Wildman–Crippen LogP) is 2.85. The van der Waals surface area contributed by atoms with Crippen molar-refractivity contribution in [1.82, 2.24) is 0 Å². The topological polar surface area (TPSA) is 26.0 Å². The van der Waals surface area contributed by atoms with Gasteiger partial charge < -0.3 is 5.73 Å². The van der Waals surface area contributed by atoms with Gasteiger partial charge in [-0.05, 0) is 22.8 Å². The summed E-state index contributed by atoms with van der Waals surface area (Å²) in [5.74, 6) is 0. The first-order chi connectivity index (χ1) is 6.86. The number of nitrogen functional groups attached to an aromatic ring is 1. The largest absolute Gasteiger partial charge is 0.398 e. The Hall–Kier alpha value is -1.76. The van der Waals surface area contributed by atoms with Gasteiger partial charge in [0.05, 0.1) is 0 Å². The second-order valence-electron chi connectivity index (χ2n) is 3.54. The molecule has 3 rings (SSSR count). The van der Waals surface area contributed by atoms with Crippen molar-refractivity contribution in [2.24, 2.45) is 0 Å². The highest BCUT2D eigenvalue weighted by atomic mass is 14.6. The number of anilines is 1. The first-order valence-electron chi connectivity index (χ1n) is 4.69. The lowest BCUT2D eigenvalue weighted by Crippen LogP contribution is -1.89. The number of nitrogens with two attached hydrogens (primary N) is 1. The normalized spacial score (nSPS) is 12.3. The Labute approximate surface area is 83.2 Å². The van der Waals surface area contributed by atoms with Crippen molar-refractivity contribution in [2.75, 3.05) is 5.73 Å². The van der Waals surface area contributed by atoms with Crippen LogP contribution in [0.1, 0.15) is 11.1 Å². The van der Waals surface area contributed by atoms with Crippen molar-refractivity contribution >= 4 is 5.69 Å². The lowest BCUT2D eigenvalue weighted by atomic mass is 10.0. The summed E-state index contributed by atoms with van der Waals surface area (Å²) < 4.78 is 0. The fraction of sp³-hybridized carbons (Fsp3) is 0. The summed E-state index contributed by atoms with van der Waals surface area (Å²) in [6.45, 7) is 0. The van der Waals surface area contributed by atoms with Gasteiger partial charge in [-0.15, -0.1) is 0 Å². The van der Waals surface area contributed by atoms with Gasteiger partial charge in [0.15, 0.2) is 0 Å². The van der Waals surface area contributed by atoms with Crippen LogP contribution >= 0.6 is 0 Å². The van der Waals surface area contributed by atoms with Gasteiger partial charge in [0.2, 0.25) is 0 Å². The van der Waals surface area contributed by atoms with Crippen LogP contribution in [0, 0.1) is 6.42 Å². The van der Waals surface area contributed by atoms with Crippen LogP contribution in [0.25, 0.3) is 11.1 Å². The fourth-order valence-electron chi connectivity index (χ4n) is 2.04. The molecule has 14 heavy (non-hydrogen) atoms. The van der Waals surface area contributed by atoms with Gasteiger partial charge in [-0.2, -0.15) is 0 Å². The van der Waals surface area contributed by atoms with E-state index in [0.29, 0.717) is 0 Å². The van der Waals surface area contributed by atoms with Gasteiger partial charge in [0.25, 0.3) is 0 Å². The van der Waals surface area contributed by atoms with Crippen LogP contribution < -0.4 is 5.73 Å². The molecule has 0 heterocycles. The molecule has 1 radical (unpaired) electrons.